The van der Waals surface area contributed by atoms with E-state index in [2.05, 4.69) is 29.7 Å². The zero-order chi connectivity index (χ0) is 11.8. The monoisotopic (exact) mass is 229 g/mol. The van der Waals surface area contributed by atoms with E-state index in [9.17, 15) is 0 Å². The van der Waals surface area contributed by atoms with Gasteiger partial charge in [0.2, 0.25) is 0 Å². The van der Waals surface area contributed by atoms with Gasteiger partial charge < -0.3 is 10.3 Å². The zero-order valence-corrected chi connectivity index (χ0v) is 10.3. The van der Waals surface area contributed by atoms with Gasteiger partial charge in [0.05, 0.1) is 11.0 Å². The summed E-state index contributed by atoms with van der Waals surface area (Å²) in [5.74, 6) is 1.88. The molecule has 1 unspecified atom stereocenters. The van der Waals surface area contributed by atoms with Gasteiger partial charge in [0.1, 0.15) is 5.82 Å². The van der Waals surface area contributed by atoms with Crippen molar-refractivity contribution in [2.75, 3.05) is 0 Å². The van der Waals surface area contributed by atoms with Gasteiger partial charge in [-0.1, -0.05) is 12.1 Å². The van der Waals surface area contributed by atoms with E-state index in [1.165, 1.54) is 18.4 Å². The lowest BCUT2D eigenvalue weighted by Crippen LogP contribution is -2.26. The molecule has 90 valence electrons. The normalized spacial score (nSPS) is 17.5. The molecule has 1 fully saturated rings. The molecule has 0 spiro atoms. The molecule has 17 heavy (non-hydrogen) atoms. The second-order valence-electron chi connectivity index (χ2n) is 4.97. The van der Waals surface area contributed by atoms with Crippen LogP contribution in [0.2, 0.25) is 0 Å². The number of fused-ring (bicyclic) bond motifs is 1. The van der Waals surface area contributed by atoms with Crippen LogP contribution in [0.3, 0.4) is 0 Å². The molecule has 3 nitrogen and oxygen atoms in total. The quantitative estimate of drug-likeness (QED) is 0.874. The van der Waals surface area contributed by atoms with Crippen molar-refractivity contribution in [3.05, 3.63) is 30.1 Å². The molecule has 0 saturated heterocycles. The summed E-state index contributed by atoms with van der Waals surface area (Å²) in [5.41, 5.74) is 8.52. The van der Waals surface area contributed by atoms with E-state index in [1.807, 2.05) is 6.07 Å². The molecular weight excluding hydrogens is 210 g/mol. The van der Waals surface area contributed by atoms with Crippen molar-refractivity contribution in [1.82, 2.24) is 9.55 Å². The van der Waals surface area contributed by atoms with E-state index in [4.69, 9.17) is 10.7 Å². The Kier molecular flexibility index (Phi) is 2.63. The highest BCUT2D eigenvalue weighted by molar-refractivity contribution is 5.75. The minimum absolute atomic E-state index is 0.289. The molecule has 3 rings (SSSR count). The number of para-hydroxylation sites is 2. The Balaban J connectivity index is 1.96. The summed E-state index contributed by atoms with van der Waals surface area (Å²) in [4.78, 5) is 4.72. The van der Waals surface area contributed by atoms with Gasteiger partial charge in [-0.15, -0.1) is 0 Å². The van der Waals surface area contributed by atoms with Gasteiger partial charge in [0.15, 0.2) is 0 Å². The van der Waals surface area contributed by atoms with Gasteiger partial charge in [0, 0.05) is 19.0 Å². The van der Waals surface area contributed by atoms with Gasteiger partial charge >= 0.3 is 0 Å². The van der Waals surface area contributed by atoms with Crippen molar-refractivity contribution < 1.29 is 0 Å². The highest BCUT2D eigenvalue weighted by Gasteiger charge is 2.29. The number of rotatable bonds is 4. The number of nitrogens with zero attached hydrogens (tertiary/aromatic N) is 2. The Bertz CT molecular complexity index is 525. The fraction of sp³-hybridized carbons (Fsp3) is 0.500. The van der Waals surface area contributed by atoms with Crippen molar-refractivity contribution in [3.63, 3.8) is 0 Å². The van der Waals surface area contributed by atoms with Crippen LogP contribution in [0.4, 0.5) is 0 Å². The van der Waals surface area contributed by atoms with Crippen LogP contribution in [0, 0.1) is 5.92 Å². The van der Waals surface area contributed by atoms with Crippen LogP contribution in [-0.2, 0) is 13.0 Å². The van der Waals surface area contributed by atoms with Crippen molar-refractivity contribution in [2.45, 2.75) is 38.8 Å². The molecule has 0 bridgehead atoms. The van der Waals surface area contributed by atoms with Crippen molar-refractivity contribution >= 4 is 11.0 Å². The van der Waals surface area contributed by atoms with Crippen LogP contribution in [0.5, 0.6) is 0 Å². The van der Waals surface area contributed by atoms with Crippen LogP contribution >= 0.6 is 0 Å². The summed E-state index contributed by atoms with van der Waals surface area (Å²) >= 11 is 0. The fourth-order valence-corrected chi connectivity index (χ4v) is 2.54. The van der Waals surface area contributed by atoms with Gasteiger partial charge in [-0.25, -0.2) is 4.98 Å². The summed E-state index contributed by atoms with van der Waals surface area (Å²) in [7, 11) is 0. The summed E-state index contributed by atoms with van der Waals surface area (Å²) in [6, 6.07) is 8.61. The second kappa shape index (κ2) is 4.15. The second-order valence-corrected chi connectivity index (χ2v) is 4.97. The molecule has 1 heterocycles. The maximum absolute atomic E-state index is 6.20. The third-order valence-corrected chi connectivity index (χ3v) is 3.70. The molecule has 1 aliphatic carbocycles. The highest BCUT2D eigenvalue weighted by atomic mass is 15.1. The van der Waals surface area contributed by atoms with Crippen LogP contribution in [0.25, 0.3) is 11.0 Å². The fourth-order valence-electron chi connectivity index (χ4n) is 2.54. The number of imidazole rings is 1. The average molecular weight is 229 g/mol. The minimum Gasteiger partial charge on any atom is -0.328 e. The molecule has 2 aromatic rings. The smallest absolute Gasteiger partial charge is 0.111 e. The summed E-state index contributed by atoms with van der Waals surface area (Å²) < 4.78 is 2.29. The van der Waals surface area contributed by atoms with Crippen LogP contribution in [-0.4, -0.2) is 15.6 Å². The molecule has 1 atom stereocenters. The van der Waals surface area contributed by atoms with Crippen molar-refractivity contribution in [2.24, 2.45) is 11.7 Å². The largest absolute Gasteiger partial charge is 0.328 e. The maximum Gasteiger partial charge on any atom is 0.111 e. The first-order valence-corrected chi connectivity index (χ1v) is 6.49. The Morgan fingerprint density at radius 3 is 2.88 bits per heavy atom. The lowest BCUT2D eigenvalue weighted by molar-refractivity contribution is 0.557. The Morgan fingerprint density at radius 1 is 1.41 bits per heavy atom. The van der Waals surface area contributed by atoms with E-state index in [1.54, 1.807) is 0 Å². The highest BCUT2D eigenvalue weighted by Crippen LogP contribution is 2.33. The SMILES string of the molecule is CCn1c(CC(N)C2CC2)nc2ccccc21. The maximum atomic E-state index is 6.20. The Labute approximate surface area is 102 Å². The van der Waals surface area contributed by atoms with Crippen LogP contribution in [0.15, 0.2) is 24.3 Å². The van der Waals surface area contributed by atoms with E-state index in [-0.39, 0.29) is 6.04 Å². The number of benzene rings is 1. The molecule has 1 aromatic heterocycles. The van der Waals surface area contributed by atoms with E-state index >= 15 is 0 Å². The third kappa shape index (κ3) is 1.95. The lowest BCUT2D eigenvalue weighted by atomic mass is 10.1. The molecule has 0 amide bonds. The lowest BCUT2D eigenvalue weighted by Gasteiger charge is -2.11. The first-order chi connectivity index (χ1) is 8.29. The number of hydrogen-bond donors (Lipinski definition) is 1. The Hall–Kier alpha value is -1.35. The molecule has 1 saturated carbocycles. The van der Waals surface area contributed by atoms with Gasteiger partial charge in [-0.05, 0) is 37.8 Å². The number of hydrogen-bond acceptors (Lipinski definition) is 2. The molecular formula is C14H19N3. The van der Waals surface area contributed by atoms with E-state index < -0.39 is 0 Å². The predicted octanol–water partition coefficient (Wildman–Crippen LogP) is 2.34. The molecule has 1 aromatic carbocycles. The van der Waals surface area contributed by atoms with Gasteiger partial charge in [-0.2, -0.15) is 0 Å². The van der Waals surface area contributed by atoms with Gasteiger partial charge in [-0.3, -0.25) is 0 Å². The van der Waals surface area contributed by atoms with Gasteiger partial charge in [0.25, 0.3) is 0 Å². The number of nitrogens with two attached hydrogens (primary N) is 1. The number of aromatic nitrogens is 2. The zero-order valence-electron chi connectivity index (χ0n) is 10.3. The minimum atomic E-state index is 0.289. The first kappa shape index (κ1) is 10.8. The summed E-state index contributed by atoms with van der Waals surface area (Å²) in [6.07, 6.45) is 3.51. The van der Waals surface area contributed by atoms with E-state index in [0.29, 0.717) is 0 Å². The predicted molar refractivity (Wildman–Crippen MR) is 69.8 cm³/mol. The van der Waals surface area contributed by atoms with Crippen LogP contribution < -0.4 is 5.73 Å². The summed E-state index contributed by atoms with van der Waals surface area (Å²) in [5, 5.41) is 0. The molecule has 1 aliphatic rings. The standard InChI is InChI=1S/C14H19N3/c1-2-17-13-6-4-3-5-12(13)16-14(17)9-11(15)10-7-8-10/h3-6,10-11H,2,7-9,15H2,1H3. The molecule has 2 N–H and O–H groups in total. The molecule has 3 heteroatoms. The molecule has 0 radical (unpaired) electrons. The molecule has 0 aliphatic heterocycles. The topological polar surface area (TPSA) is 43.8 Å². The van der Waals surface area contributed by atoms with E-state index in [0.717, 1.165) is 30.2 Å². The summed E-state index contributed by atoms with van der Waals surface area (Å²) in [6.45, 7) is 3.13. The first-order valence-electron chi connectivity index (χ1n) is 6.49. The Morgan fingerprint density at radius 2 is 2.18 bits per heavy atom. The average Bonchev–Trinajstić information content (AvgIpc) is 3.11. The van der Waals surface area contributed by atoms with Crippen LogP contribution in [0.1, 0.15) is 25.6 Å². The van der Waals surface area contributed by atoms with Crippen molar-refractivity contribution in [3.8, 4) is 0 Å². The van der Waals surface area contributed by atoms with Crippen molar-refractivity contribution in [1.29, 1.82) is 0 Å². The third-order valence-electron chi connectivity index (χ3n) is 3.70. The number of aryl methyl sites for hydroxylation is 1.